The van der Waals surface area contributed by atoms with E-state index in [2.05, 4.69) is 0 Å². The summed E-state index contributed by atoms with van der Waals surface area (Å²) < 4.78 is 0. The number of halogens is 1. The predicted molar refractivity (Wildman–Crippen MR) is 66.5 cm³/mol. The molecule has 1 aromatic carbocycles. The van der Waals surface area contributed by atoms with Crippen LogP contribution in [0.3, 0.4) is 0 Å². The Morgan fingerprint density at radius 3 is 2.62 bits per heavy atom. The number of aliphatic carboxylic acids is 1. The molecule has 1 unspecified atom stereocenters. The van der Waals surface area contributed by atoms with Gasteiger partial charge in [-0.2, -0.15) is 0 Å². The minimum absolute atomic E-state index is 0.283. The highest BCUT2D eigenvalue weighted by molar-refractivity contribution is 6.30. The van der Waals surface area contributed by atoms with E-state index in [1.54, 1.807) is 6.92 Å². The van der Waals surface area contributed by atoms with Crippen molar-refractivity contribution in [2.24, 2.45) is 5.92 Å². The van der Waals surface area contributed by atoms with Gasteiger partial charge in [-0.05, 0) is 30.5 Å². The quantitative estimate of drug-likeness (QED) is 0.846. The summed E-state index contributed by atoms with van der Waals surface area (Å²) >= 11 is 5.76. The lowest BCUT2D eigenvalue weighted by Crippen LogP contribution is -2.08. The van der Waals surface area contributed by atoms with Gasteiger partial charge >= 0.3 is 5.97 Å². The third-order valence-electron chi connectivity index (χ3n) is 2.37. The van der Waals surface area contributed by atoms with Gasteiger partial charge in [-0.15, -0.1) is 0 Å². The molecule has 1 rings (SSSR count). The van der Waals surface area contributed by atoms with Crippen molar-refractivity contribution in [3.63, 3.8) is 0 Å². The number of hydrogen-bond acceptors (Lipinski definition) is 1. The molecule has 0 aliphatic heterocycles. The lowest BCUT2D eigenvalue weighted by atomic mass is 10.1. The van der Waals surface area contributed by atoms with E-state index in [0.29, 0.717) is 6.42 Å². The Labute approximate surface area is 101 Å². The Kier molecular flexibility index (Phi) is 5.06. The lowest BCUT2D eigenvalue weighted by Gasteiger charge is -2.01. The minimum atomic E-state index is -0.736. The summed E-state index contributed by atoms with van der Waals surface area (Å²) in [5.41, 5.74) is 1.08. The van der Waals surface area contributed by atoms with Gasteiger partial charge in [-0.1, -0.05) is 42.8 Å². The first-order valence-corrected chi connectivity index (χ1v) is 5.62. The summed E-state index contributed by atoms with van der Waals surface area (Å²) in [5, 5.41) is 9.41. The molecule has 0 aromatic heterocycles. The molecule has 0 saturated heterocycles. The molecule has 86 valence electrons. The molecular weight excluding hydrogens is 224 g/mol. The van der Waals surface area contributed by atoms with Crippen LogP contribution in [0.25, 0.3) is 6.08 Å². The fraction of sp³-hybridized carbons (Fsp3) is 0.308. The predicted octanol–water partition coefficient (Wildman–Crippen LogP) is 3.85. The van der Waals surface area contributed by atoms with Crippen LogP contribution in [-0.4, -0.2) is 11.1 Å². The summed E-state index contributed by atoms with van der Waals surface area (Å²) in [6.45, 7) is 1.72. The molecule has 1 atom stereocenters. The van der Waals surface area contributed by atoms with Crippen molar-refractivity contribution in [3.05, 3.63) is 40.9 Å². The molecule has 0 radical (unpaired) electrons. The second kappa shape index (κ2) is 6.33. The van der Waals surface area contributed by atoms with Crippen LogP contribution in [0.4, 0.5) is 0 Å². The monoisotopic (exact) mass is 238 g/mol. The number of carbonyl (C=O) groups is 1. The number of hydrogen-bond donors (Lipinski definition) is 1. The first kappa shape index (κ1) is 12.8. The van der Waals surface area contributed by atoms with Crippen molar-refractivity contribution in [2.75, 3.05) is 0 Å². The molecule has 0 aliphatic carbocycles. The van der Waals surface area contributed by atoms with Crippen molar-refractivity contribution in [3.8, 4) is 0 Å². The van der Waals surface area contributed by atoms with E-state index < -0.39 is 5.97 Å². The van der Waals surface area contributed by atoms with Crippen molar-refractivity contribution in [1.82, 2.24) is 0 Å². The average molecular weight is 239 g/mol. The van der Waals surface area contributed by atoms with Gasteiger partial charge in [-0.3, -0.25) is 4.79 Å². The summed E-state index contributed by atoms with van der Waals surface area (Å²) in [5.74, 6) is -1.02. The molecule has 0 heterocycles. The number of carboxylic acids is 1. The molecule has 3 heteroatoms. The number of rotatable bonds is 5. The summed E-state index contributed by atoms with van der Waals surface area (Å²) in [4.78, 5) is 10.6. The molecule has 2 nitrogen and oxygen atoms in total. The Bertz CT molecular complexity index is 368. The molecule has 0 spiro atoms. The van der Waals surface area contributed by atoms with Gasteiger partial charge in [-0.25, -0.2) is 0 Å². The zero-order chi connectivity index (χ0) is 12.0. The molecule has 1 N–H and O–H groups in total. The number of carboxylic acid groups (broad SMARTS) is 1. The summed E-state index contributed by atoms with van der Waals surface area (Å²) in [7, 11) is 0. The van der Waals surface area contributed by atoms with Crippen molar-refractivity contribution >= 4 is 23.6 Å². The average Bonchev–Trinajstić information content (AvgIpc) is 2.26. The molecule has 0 fully saturated rings. The SMILES string of the molecule is CC(CC/C=C/c1ccc(Cl)cc1)C(=O)O. The maximum Gasteiger partial charge on any atom is 0.306 e. The molecule has 0 aliphatic rings. The Morgan fingerprint density at radius 2 is 2.06 bits per heavy atom. The highest BCUT2D eigenvalue weighted by Gasteiger charge is 2.08. The van der Waals surface area contributed by atoms with Gasteiger partial charge in [0.15, 0.2) is 0 Å². The van der Waals surface area contributed by atoms with Crippen LogP contribution in [0.2, 0.25) is 5.02 Å². The van der Waals surface area contributed by atoms with Crippen LogP contribution in [0.5, 0.6) is 0 Å². The molecule has 16 heavy (non-hydrogen) atoms. The number of allylic oxidation sites excluding steroid dienone is 1. The van der Waals surface area contributed by atoms with Crippen LogP contribution in [0.1, 0.15) is 25.3 Å². The van der Waals surface area contributed by atoms with Gasteiger partial charge < -0.3 is 5.11 Å². The van der Waals surface area contributed by atoms with Gasteiger partial charge in [0.05, 0.1) is 5.92 Å². The van der Waals surface area contributed by atoms with Gasteiger partial charge in [0.25, 0.3) is 0 Å². The lowest BCUT2D eigenvalue weighted by molar-refractivity contribution is -0.141. The van der Waals surface area contributed by atoms with Crippen molar-refractivity contribution in [1.29, 1.82) is 0 Å². The first-order valence-electron chi connectivity index (χ1n) is 5.24. The molecule has 0 amide bonds. The normalized spacial score (nSPS) is 12.9. The van der Waals surface area contributed by atoms with Crippen LogP contribution in [0.15, 0.2) is 30.3 Å². The van der Waals surface area contributed by atoms with E-state index in [0.717, 1.165) is 17.0 Å². The summed E-state index contributed by atoms with van der Waals surface area (Å²) in [6.07, 6.45) is 5.41. The fourth-order valence-electron chi connectivity index (χ4n) is 1.26. The van der Waals surface area contributed by atoms with E-state index >= 15 is 0 Å². The van der Waals surface area contributed by atoms with E-state index in [1.807, 2.05) is 36.4 Å². The second-order valence-corrected chi connectivity index (χ2v) is 4.21. The van der Waals surface area contributed by atoms with Crippen LogP contribution < -0.4 is 0 Å². The van der Waals surface area contributed by atoms with Gasteiger partial charge in [0, 0.05) is 5.02 Å². The van der Waals surface area contributed by atoms with E-state index in [-0.39, 0.29) is 5.92 Å². The van der Waals surface area contributed by atoms with Crippen molar-refractivity contribution in [2.45, 2.75) is 19.8 Å². The highest BCUT2D eigenvalue weighted by Crippen LogP contribution is 2.12. The van der Waals surface area contributed by atoms with Gasteiger partial charge in [0.1, 0.15) is 0 Å². The van der Waals surface area contributed by atoms with E-state index in [9.17, 15) is 4.79 Å². The fourth-order valence-corrected chi connectivity index (χ4v) is 1.39. The molecule has 0 saturated carbocycles. The van der Waals surface area contributed by atoms with Gasteiger partial charge in [0.2, 0.25) is 0 Å². The maximum absolute atomic E-state index is 10.6. The zero-order valence-electron chi connectivity index (χ0n) is 9.19. The third kappa shape index (κ3) is 4.49. The highest BCUT2D eigenvalue weighted by atomic mass is 35.5. The largest absolute Gasteiger partial charge is 0.481 e. The minimum Gasteiger partial charge on any atom is -0.481 e. The smallest absolute Gasteiger partial charge is 0.306 e. The van der Waals surface area contributed by atoms with Crippen LogP contribution >= 0.6 is 11.6 Å². The molecule has 1 aromatic rings. The Balaban J connectivity index is 2.37. The summed E-state index contributed by atoms with van der Waals surface area (Å²) in [6, 6.07) is 7.53. The molecule has 0 bridgehead atoms. The maximum atomic E-state index is 10.6. The third-order valence-corrected chi connectivity index (χ3v) is 2.62. The van der Waals surface area contributed by atoms with E-state index in [4.69, 9.17) is 16.7 Å². The van der Waals surface area contributed by atoms with Crippen LogP contribution in [-0.2, 0) is 4.79 Å². The van der Waals surface area contributed by atoms with Crippen molar-refractivity contribution < 1.29 is 9.90 Å². The Morgan fingerprint density at radius 1 is 1.44 bits per heavy atom. The number of benzene rings is 1. The standard InChI is InChI=1S/C13H15ClO2/c1-10(13(15)16)4-2-3-5-11-6-8-12(14)9-7-11/h3,5-10H,2,4H2,1H3,(H,15,16)/b5-3+. The Hall–Kier alpha value is -1.28. The zero-order valence-corrected chi connectivity index (χ0v) is 9.95. The van der Waals surface area contributed by atoms with E-state index in [1.165, 1.54) is 0 Å². The topological polar surface area (TPSA) is 37.3 Å². The molecular formula is C13H15ClO2. The van der Waals surface area contributed by atoms with Crippen LogP contribution in [0, 0.1) is 5.92 Å². The second-order valence-electron chi connectivity index (χ2n) is 3.77. The first-order chi connectivity index (χ1) is 7.59.